The zero-order chi connectivity index (χ0) is 78.1. The van der Waals surface area contributed by atoms with Crippen LogP contribution in [0.3, 0.4) is 0 Å². The van der Waals surface area contributed by atoms with Crippen LogP contribution in [0.15, 0.2) is 83.6 Å². The Bertz CT molecular complexity index is 1830. The van der Waals surface area contributed by atoms with Gasteiger partial charge in [0.15, 0.2) is 0 Å². The molecule has 0 bridgehead atoms. The maximum atomic E-state index is 2.50. The minimum atomic E-state index is 0.347. The normalized spacial score (nSPS) is 20.9. The smallest absolute Gasteiger partial charge is 0.0170 e. The lowest BCUT2D eigenvalue weighted by Gasteiger charge is -2.41. The quantitative estimate of drug-likeness (QED) is 0.212. The van der Waals surface area contributed by atoms with Crippen LogP contribution < -0.4 is 0 Å². The molecule has 586 valence electrons. The summed E-state index contributed by atoms with van der Waals surface area (Å²) in [6.07, 6.45) is 57.1. The fourth-order valence-corrected chi connectivity index (χ4v) is 11.6. The average molecular weight is 1370 g/mol. The molecule has 0 heterocycles. The molecule has 3 atom stereocenters. The van der Waals surface area contributed by atoms with Gasteiger partial charge in [0.05, 0.1) is 0 Å². The van der Waals surface area contributed by atoms with Gasteiger partial charge in [-0.1, -0.05) is 413 Å². The lowest BCUT2D eigenvalue weighted by molar-refractivity contribution is 0.0970. The number of hydrogen-bond acceptors (Lipinski definition) is 0. The van der Waals surface area contributed by atoms with Gasteiger partial charge in [-0.2, -0.15) is 0 Å². The van der Waals surface area contributed by atoms with Crippen LogP contribution in [0.25, 0.3) is 0 Å². The number of rotatable bonds is 0. The van der Waals surface area contributed by atoms with Gasteiger partial charge in [-0.15, -0.1) is 0 Å². The highest BCUT2D eigenvalue weighted by Crippen LogP contribution is 2.46. The van der Waals surface area contributed by atoms with E-state index in [0.717, 1.165) is 65.1 Å². The molecule has 0 radical (unpaired) electrons. The van der Waals surface area contributed by atoms with Gasteiger partial charge in [-0.25, -0.2) is 0 Å². The molecule has 98 heavy (non-hydrogen) atoms. The van der Waals surface area contributed by atoms with Gasteiger partial charge in [-0.3, -0.25) is 0 Å². The Labute approximate surface area is 626 Å². The summed E-state index contributed by atoms with van der Waals surface area (Å²) in [7, 11) is 0. The third kappa shape index (κ3) is 75.3. The first-order valence-corrected chi connectivity index (χ1v) is 42.0. The molecule has 0 spiro atoms. The van der Waals surface area contributed by atoms with E-state index in [1.807, 2.05) is 0 Å². The van der Waals surface area contributed by atoms with E-state index in [2.05, 4.69) is 358 Å². The zero-order valence-corrected chi connectivity index (χ0v) is 76.5. The van der Waals surface area contributed by atoms with Crippen molar-refractivity contribution in [3.8, 4) is 0 Å². The third-order valence-electron chi connectivity index (χ3n) is 18.0. The molecule has 0 nitrogen and oxygen atoms in total. The van der Waals surface area contributed by atoms with Crippen molar-refractivity contribution in [2.75, 3.05) is 0 Å². The van der Waals surface area contributed by atoms with Crippen molar-refractivity contribution in [2.45, 2.75) is 438 Å². The first kappa shape index (κ1) is 107. The molecule has 0 aromatic heterocycles. The first-order valence-electron chi connectivity index (χ1n) is 42.0. The highest BCUT2D eigenvalue weighted by molar-refractivity contribution is 5.29. The molecular weight excluding hydrogens is 1180 g/mol. The van der Waals surface area contributed by atoms with E-state index in [0.29, 0.717) is 43.3 Å². The molecule has 0 aromatic rings. The van der Waals surface area contributed by atoms with Crippen LogP contribution >= 0.6 is 0 Å². The Kier molecular flexibility index (Phi) is 61.8. The van der Waals surface area contributed by atoms with Crippen molar-refractivity contribution in [2.24, 2.45) is 108 Å². The number of allylic oxidation sites excluding steroid dienone is 14. The zero-order valence-electron chi connectivity index (χ0n) is 76.5. The molecular formula is C98H194. The maximum Gasteiger partial charge on any atom is -0.0170 e. The topological polar surface area (TPSA) is 0 Å². The molecule has 0 saturated heterocycles. The van der Waals surface area contributed by atoms with Crippen LogP contribution in [0.5, 0.6) is 0 Å². The van der Waals surface area contributed by atoms with Crippen LogP contribution in [0.1, 0.15) is 438 Å². The minimum absolute atomic E-state index is 0.347. The first-order chi connectivity index (χ1) is 44.2. The predicted molar refractivity (Wildman–Crippen MR) is 463 cm³/mol. The second kappa shape index (κ2) is 56.6. The molecule has 7 aliphatic carbocycles. The summed E-state index contributed by atoms with van der Waals surface area (Å²) in [6.45, 7) is 95.4. The summed E-state index contributed by atoms with van der Waals surface area (Å²) in [5, 5.41) is 0. The van der Waals surface area contributed by atoms with Crippen LogP contribution in [-0.4, -0.2) is 0 Å². The van der Waals surface area contributed by atoms with Crippen molar-refractivity contribution >= 4 is 0 Å². The Hall–Kier alpha value is -1.82. The monoisotopic (exact) mass is 1370 g/mol. The highest BCUT2D eigenvalue weighted by Gasteiger charge is 2.35. The maximum absolute atomic E-state index is 2.50. The molecule has 0 N–H and O–H groups in total. The van der Waals surface area contributed by atoms with Gasteiger partial charge in [0, 0.05) is 0 Å². The Morgan fingerprint density at radius 1 is 0.255 bits per heavy atom. The standard InChI is InChI=1S/C14H28.2C14H26.C14H24.C6H12.C6H10.C6H8.6C4H10/c4*1-13(2,3)11-7-9-12(10-8-11)14(4,5)6;3*1-2-4-6-5-3-1;6*1-4(2)3/h11-12H,7-10H2,1-6H3;7,12H,8-10H2,1-6H3;7,9,11-12H,8,10H2,1-6H3;7,9H,8,10H2,1-6H3;1-6H2;1-2H,3-6H2;1-4H,5-6H2;6*4H,1-3H3. The average Bonchev–Trinajstić information content (AvgIpc) is 0.889. The van der Waals surface area contributed by atoms with Crippen LogP contribution in [0.2, 0.25) is 0 Å². The fourth-order valence-electron chi connectivity index (χ4n) is 11.6. The van der Waals surface area contributed by atoms with Crippen molar-refractivity contribution in [3.05, 3.63) is 83.6 Å². The molecule has 7 aliphatic rings. The van der Waals surface area contributed by atoms with Gasteiger partial charge in [-0.05, 0) is 218 Å². The molecule has 2 fully saturated rings. The Balaban J connectivity index is -0.000000242. The van der Waals surface area contributed by atoms with E-state index in [9.17, 15) is 0 Å². The summed E-state index contributed by atoms with van der Waals surface area (Å²) in [6, 6.07) is 0. The Morgan fingerprint density at radius 2 is 0.500 bits per heavy atom. The Morgan fingerprint density at radius 3 is 0.633 bits per heavy atom. The highest BCUT2D eigenvalue weighted by atomic mass is 14.4. The lowest BCUT2D eigenvalue weighted by atomic mass is 9.64. The second-order valence-electron chi connectivity index (χ2n) is 43.1. The molecule has 0 heteroatoms. The van der Waals surface area contributed by atoms with E-state index >= 15 is 0 Å². The van der Waals surface area contributed by atoms with Crippen LogP contribution in [0, 0.1) is 108 Å². The molecule has 3 unspecified atom stereocenters. The van der Waals surface area contributed by atoms with Gasteiger partial charge in [0.2, 0.25) is 0 Å². The number of hydrogen-bond donors (Lipinski definition) is 0. The SMILES string of the molecule is C1=CCCC=C1.C1=CCCCC1.C1CCCCC1.CC(C)(C)C1=CC=C(C(C)(C)C)CC1.CC(C)(C)C1=CCC(C(C)(C)C)CC1.CC(C)(C)C1C=CC(C(C)(C)C)CC1.CC(C)(C)C1CCC(C(C)(C)C)CC1.CC(C)C.CC(C)C.CC(C)C.CC(C)C.CC(C)C.CC(C)C. The molecule has 2 saturated carbocycles. The van der Waals surface area contributed by atoms with Crippen LogP contribution in [-0.2, 0) is 0 Å². The fraction of sp³-hybridized carbons (Fsp3) is 0.857. The van der Waals surface area contributed by atoms with Crippen molar-refractivity contribution < 1.29 is 0 Å². The predicted octanol–water partition coefficient (Wildman–Crippen LogP) is 35.4. The van der Waals surface area contributed by atoms with E-state index in [-0.39, 0.29) is 0 Å². The second-order valence-corrected chi connectivity index (χ2v) is 43.1. The van der Waals surface area contributed by atoms with E-state index in [4.69, 9.17) is 0 Å². The largest absolute Gasteiger partial charge is 0.0885 e. The van der Waals surface area contributed by atoms with Crippen molar-refractivity contribution in [1.29, 1.82) is 0 Å². The summed E-state index contributed by atoms with van der Waals surface area (Å²) < 4.78 is 0. The van der Waals surface area contributed by atoms with Crippen molar-refractivity contribution in [3.63, 3.8) is 0 Å². The van der Waals surface area contributed by atoms with Crippen LogP contribution in [0.4, 0.5) is 0 Å². The minimum Gasteiger partial charge on any atom is -0.0885 e. The summed E-state index contributed by atoms with van der Waals surface area (Å²) >= 11 is 0. The van der Waals surface area contributed by atoms with Gasteiger partial charge >= 0.3 is 0 Å². The van der Waals surface area contributed by atoms with E-state index in [1.165, 1.54) is 148 Å². The van der Waals surface area contributed by atoms with Crippen molar-refractivity contribution in [1.82, 2.24) is 0 Å². The van der Waals surface area contributed by atoms with Gasteiger partial charge < -0.3 is 0 Å². The lowest BCUT2D eigenvalue weighted by Crippen LogP contribution is -2.30. The van der Waals surface area contributed by atoms with E-state index < -0.39 is 0 Å². The molecule has 0 aliphatic heterocycles. The molecule has 0 amide bonds. The third-order valence-corrected chi connectivity index (χ3v) is 18.0. The van der Waals surface area contributed by atoms with Gasteiger partial charge in [0.25, 0.3) is 0 Å². The molecule has 7 rings (SSSR count). The summed E-state index contributed by atoms with van der Waals surface area (Å²) in [5.74, 6) is 9.36. The van der Waals surface area contributed by atoms with E-state index in [1.54, 1.807) is 16.7 Å². The summed E-state index contributed by atoms with van der Waals surface area (Å²) in [4.78, 5) is 0. The van der Waals surface area contributed by atoms with Gasteiger partial charge in [0.1, 0.15) is 0 Å². The molecule has 0 aromatic carbocycles. The summed E-state index contributed by atoms with van der Waals surface area (Å²) in [5.41, 5.74) is 8.36.